The third kappa shape index (κ3) is 1.59. The summed E-state index contributed by atoms with van der Waals surface area (Å²) in [6.45, 7) is 1.18. The SMILES string of the molecule is O[C@H]1CCC[C@@H]1NCC1(C2CC2)CC1. The Balaban J connectivity index is 1.49. The molecule has 2 heteroatoms. The molecule has 3 aliphatic rings. The van der Waals surface area contributed by atoms with E-state index in [2.05, 4.69) is 5.32 Å². The van der Waals surface area contributed by atoms with Gasteiger partial charge in [0.25, 0.3) is 0 Å². The lowest BCUT2D eigenvalue weighted by Gasteiger charge is -2.21. The summed E-state index contributed by atoms with van der Waals surface area (Å²) < 4.78 is 0. The van der Waals surface area contributed by atoms with Crippen molar-refractivity contribution in [1.82, 2.24) is 5.32 Å². The second-order valence-electron chi connectivity index (χ2n) is 5.62. The molecule has 0 aromatic rings. The van der Waals surface area contributed by atoms with Gasteiger partial charge in [0.2, 0.25) is 0 Å². The molecular formula is C12H21NO. The predicted molar refractivity (Wildman–Crippen MR) is 56.0 cm³/mol. The highest BCUT2D eigenvalue weighted by Crippen LogP contribution is 2.60. The molecule has 0 bridgehead atoms. The van der Waals surface area contributed by atoms with Crippen LogP contribution in [0.1, 0.15) is 44.9 Å². The maximum absolute atomic E-state index is 9.70. The minimum atomic E-state index is -0.0648. The summed E-state index contributed by atoms with van der Waals surface area (Å²) in [6, 6.07) is 0.409. The van der Waals surface area contributed by atoms with Gasteiger partial charge in [-0.3, -0.25) is 0 Å². The average molecular weight is 195 g/mol. The van der Waals surface area contributed by atoms with Crippen molar-refractivity contribution in [1.29, 1.82) is 0 Å². The van der Waals surface area contributed by atoms with Crippen LogP contribution in [0.4, 0.5) is 0 Å². The van der Waals surface area contributed by atoms with Gasteiger partial charge >= 0.3 is 0 Å². The topological polar surface area (TPSA) is 32.3 Å². The number of hydrogen-bond donors (Lipinski definition) is 2. The summed E-state index contributed by atoms with van der Waals surface area (Å²) in [7, 11) is 0. The van der Waals surface area contributed by atoms with E-state index in [1.807, 2.05) is 0 Å². The van der Waals surface area contributed by atoms with Crippen LogP contribution in [-0.4, -0.2) is 23.8 Å². The molecule has 0 aromatic heterocycles. The van der Waals surface area contributed by atoms with Gasteiger partial charge in [-0.25, -0.2) is 0 Å². The molecule has 0 radical (unpaired) electrons. The molecule has 0 aliphatic heterocycles. The first kappa shape index (κ1) is 9.17. The number of rotatable bonds is 4. The molecular weight excluding hydrogens is 174 g/mol. The molecule has 2 nitrogen and oxygen atoms in total. The molecule has 0 heterocycles. The summed E-state index contributed by atoms with van der Waals surface area (Å²) in [5.41, 5.74) is 0.683. The quantitative estimate of drug-likeness (QED) is 0.715. The van der Waals surface area contributed by atoms with Crippen LogP contribution in [0.25, 0.3) is 0 Å². The highest BCUT2D eigenvalue weighted by Gasteiger charge is 2.53. The fourth-order valence-electron chi connectivity index (χ4n) is 3.10. The molecule has 0 unspecified atom stereocenters. The van der Waals surface area contributed by atoms with Crippen molar-refractivity contribution in [2.24, 2.45) is 11.3 Å². The Morgan fingerprint density at radius 2 is 1.93 bits per heavy atom. The number of aliphatic hydroxyl groups is 1. The standard InChI is InChI=1S/C12H21NO/c14-11-3-1-2-10(11)13-8-12(6-7-12)9-4-5-9/h9-11,13-14H,1-8H2/t10-,11-/m0/s1. The van der Waals surface area contributed by atoms with Gasteiger partial charge in [-0.15, -0.1) is 0 Å². The molecule has 3 aliphatic carbocycles. The molecule has 0 amide bonds. The lowest BCUT2D eigenvalue weighted by atomic mass is 10.00. The fraction of sp³-hybridized carbons (Fsp3) is 1.00. The van der Waals surface area contributed by atoms with Crippen LogP contribution >= 0.6 is 0 Å². The molecule has 3 rings (SSSR count). The Morgan fingerprint density at radius 3 is 2.43 bits per heavy atom. The maximum Gasteiger partial charge on any atom is 0.0693 e. The van der Waals surface area contributed by atoms with Crippen LogP contribution in [0.2, 0.25) is 0 Å². The van der Waals surface area contributed by atoms with Crippen molar-refractivity contribution < 1.29 is 5.11 Å². The first-order valence-electron chi connectivity index (χ1n) is 6.22. The number of aliphatic hydroxyl groups excluding tert-OH is 1. The molecule has 0 aromatic carbocycles. The van der Waals surface area contributed by atoms with Crippen LogP contribution in [0.15, 0.2) is 0 Å². The summed E-state index contributed by atoms with van der Waals surface area (Å²) >= 11 is 0. The fourth-order valence-corrected chi connectivity index (χ4v) is 3.10. The molecule has 0 spiro atoms. The highest BCUT2D eigenvalue weighted by molar-refractivity contribution is 5.05. The molecule has 3 saturated carbocycles. The van der Waals surface area contributed by atoms with Crippen molar-refractivity contribution in [3.05, 3.63) is 0 Å². The largest absolute Gasteiger partial charge is 0.392 e. The predicted octanol–water partition coefficient (Wildman–Crippen LogP) is 1.68. The van der Waals surface area contributed by atoms with Crippen LogP contribution in [0.3, 0.4) is 0 Å². The van der Waals surface area contributed by atoms with Gasteiger partial charge in [0.1, 0.15) is 0 Å². The van der Waals surface area contributed by atoms with Gasteiger partial charge in [0.05, 0.1) is 6.10 Å². The Bertz CT molecular complexity index is 220. The van der Waals surface area contributed by atoms with Gasteiger partial charge in [0.15, 0.2) is 0 Å². The van der Waals surface area contributed by atoms with E-state index >= 15 is 0 Å². The maximum atomic E-state index is 9.70. The summed E-state index contributed by atoms with van der Waals surface area (Å²) in [5, 5.41) is 13.3. The molecule has 3 fully saturated rings. The molecule has 80 valence electrons. The van der Waals surface area contributed by atoms with Gasteiger partial charge in [-0.2, -0.15) is 0 Å². The smallest absolute Gasteiger partial charge is 0.0693 e. The Hall–Kier alpha value is -0.0800. The van der Waals surface area contributed by atoms with Crippen molar-refractivity contribution in [2.45, 2.75) is 57.1 Å². The Kier molecular flexibility index (Phi) is 2.10. The van der Waals surface area contributed by atoms with Crippen LogP contribution in [0.5, 0.6) is 0 Å². The average Bonchev–Trinajstić information content (AvgIpc) is 3.04. The molecule has 0 saturated heterocycles. The van der Waals surface area contributed by atoms with Gasteiger partial charge < -0.3 is 10.4 Å². The van der Waals surface area contributed by atoms with E-state index in [9.17, 15) is 5.11 Å². The second kappa shape index (κ2) is 3.21. The van der Waals surface area contributed by atoms with Crippen molar-refractivity contribution >= 4 is 0 Å². The normalized spacial score (nSPS) is 40.1. The van der Waals surface area contributed by atoms with Gasteiger partial charge in [-0.1, -0.05) is 0 Å². The Morgan fingerprint density at radius 1 is 1.14 bits per heavy atom. The van der Waals surface area contributed by atoms with Gasteiger partial charge in [0, 0.05) is 12.6 Å². The number of hydrogen-bond acceptors (Lipinski definition) is 2. The zero-order valence-electron chi connectivity index (χ0n) is 8.84. The first-order chi connectivity index (χ1) is 6.80. The van der Waals surface area contributed by atoms with Crippen LogP contribution < -0.4 is 5.32 Å². The van der Waals surface area contributed by atoms with E-state index in [1.165, 1.54) is 45.1 Å². The van der Waals surface area contributed by atoms with Crippen LogP contribution in [0, 0.1) is 11.3 Å². The van der Waals surface area contributed by atoms with E-state index in [0.29, 0.717) is 11.5 Å². The summed E-state index contributed by atoms with van der Waals surface area (Å²) in [6.07, 6.45) is 9.14. The van der Waals surface area contributed by atoms with E-state index in [1.54, 1.807) is 0 Å². The number of nitrogens with one attached hydrogen (secondary N) is 1. The van der Waals surface area contributed by atoms with Crippen molar-refractivity contribution in [2.75, 3.05) is 6.54 Å². The Labute approximate surface area is 86.1 Å². The zero-order valence-corrected chi connectivity index (χ0v) is 8.84. The summed E-state index contributed by atoms with van der Waals surface area (Å²) in [5.74, 6) is 1.04. The molecule has 2 atom stereocenters. The van der Waals surface area contributed by atoms with Crippen molar-refractivity contribution in [3.63, 3.8) is 0 Å². The van der Waals surface area contributed by atoms with Gasteiger partial charge in [-0.05, 0) is 56.3 Å². The third-order valence-corrected chi connectivity index (χ3v) is 4.53. The molecule has 2 N–H and O–H groups in total. The third-order valence-electron chi connectivity index (χ3n) is 4.53. The van der Waals surface area contributed by atoms with E-state index in [4.69, 9.17) is 0 Å². The second-order valence-corrected chi connectivity index (χ2v) is 5.62. The van der Waals surface area contributed by atoms with E-state index < -0.39 is 0 Å². The van der Waals surface area contributed by atoms with E-state index in [-0.39, 0.29) is 6.10 Å². The van der Waals surface area contributed by atoms with E-state index in [0.717, 1.165) is 12.3 Å². The summed E-state index contributed by atoms with van der Waals surface area (Å²) in [4.78, 5) is 0. The lowest BCUT2D eigenvalue weighted by molar-refractivity contribution is 0.144. The highest BCUT2D eigenvalue weighted by atomic mass is 16.3. The van der Waals surface area contributed by atoms with Crippen molar-refractivity contribution in [3.8, 4) is 0 Å². The first-order valence-corrected chi connectivity index (χ1v) is 6.22. The minimum Gasteiger partial charge on any atom is -0.392 e. The van der Waals surface area contributed by atoms with Crippen LogP contribution in [-0.2, 0) is 0 Å². The zero-order chi connectivity index (χ0) is 9.60. The monoisotopic (exact) mass is 195 g/mol. The lowest BCUT2D eigenvalue weighted by Crippen LogP contribution is -2.39. The molecule has 14 heavy (non-hydrogen) atoms. The minimum absolute atomic E-state index is 0.0648.